The molecule has 2 aliphatic rings. The van der Waals surface area contributed by atoms with E-state index in [2.05, 4.69) is 10.00 Å². The quantitative estimate of drug-likeness (QED) is 0.631. The van der Waals surface area contributed by atoms with E-state index in [0.717, 1.165) is 22.8 Å². The third-order valence-corrected chi connectivity index (χ3v) is 8.93. The molecule has 2 fully saturated rings. The van der Waals surface area contributed by atoms with Crippen molar-refractivity contribution in [1.29, 1.82) is 0 Å². The van der Waals surface area contributed by atoms with Crippen molar-refractivity contribution in [2.75, 3.05) is 55.7 Å². The average Bonchev–Trinajstić information content (AvgIpc) is 3.26. The monoisotopic (exact) mass is 497 g/mol. The van der Waals surface area contributed by atoms with Crippen molar-refractivity contribution < 1.29 is 13.2 Å². The number of sulfonamides is 1. The molecule has 1 aromatic carbocycles. The first kappa shape index (κ1) is 23.4. The second-order valence-corrected chi connectivity index (χ2v) is 11.4. The standard InChI is InChI=1S/C21H28ClN5O3S2/c1-3-26-15-18(21(28)25-10-12-31-13-11-25)20(23-26)32(29,30)27-8-6-24(7-9-27)19-14-17(22)5-4-16(19)2/h4-5,14-15H,3,6-13H2,1-2H3. The van der Waals surface area contributed by atoms with Crippen LogP contribution in [0.15, 0.2) is 29.4 Å². The molecule has 1 aromatic heterocycles. The van der Waals surface area contributed by atoms with Gasteiger partial charge in [0.05, 0.1) is 5.56 Å². The topological polar surface area (TPSA) is 78.8 Å². The fraction of sp³-hybridized carbons (Fsp3) is 0.524. The van der Waals surface area contributed by atoms with E-state index in [1.54, 1.807) is 22.9 Å². The Morgan fingerprint density at radius 2 is 1.81 bits per heavy atom. The van der Waals surface area contributed by atoms with Crippen molar-refractivity contribution in [3.05, 3.63) is 40.5 Å². The smallest absolute Gasteiger partial charge is 0.263 e. The van der Waals surface area contributed by atoms with Gasteiger partial charge in [0, 0.05) is 74.2 Å². The third kappa shape index (κ3) is 4.64. The van der Waals surface area contributed by atoms with E-state index >= 15 is 0 Å². The molecular weight excluding hydrogens is 470 g/mol. The minimum Gasteiger partial charge on any atom is -0.369 e. The number of nitrogens with zero attached hydrogens (tertiary/aromatic N) is 5. The Labute approximate surface area is 198 Å². The Morgan fingerprint density at radius 1 is 1.12 bits per heavy atom. The van der Waals surface area contributed by atoms with E-state index in [0.29, 0.717) is 50.8 Å². The molecule has 2 aromatic rings. The number of aromatic nitrogens is 2. The number of hydrogen-bond acceptors (Lipinski definition) is 6. The molecule has 0 unspecified atom stereocenters. The summed E-state index contributed by atoms with van der Waals surface area (Å²) < 4.78 is 30.0. The van der Waals surface area contributed by atoms with Crippen LogP contribution in [-0.2, 0) is 16.6 Å². The Morgan fingerprint density at radius 3 is 2.47 bits per heavy atom. The van der Waals surface area contributed by atoms with Gasteiger partial charge in [-0.15, -0.1) is 0 Å². The fourth-order valence-electron chi connectivity index (χ4n) is 4.05. The fourth-order valence-corrected chi connectivity index (χ4v) is 6.64. The lowest BCUT2D eigenvalue weighted by atomic mass is 10.1. The van der Waals surface area contributed by atoms with Crippen molar-refractivity contribution in [2.45, 2.75) is 25.4 Å². The van der Waals surface area contributed by atoms with Crippen LogP contribution in [0.1, 0.15) is 22.8 Å². The summed E-state index contributed by atoms with van der Waals surface area (Å²) in [5, 5.41) is 4.83. The lowest BCUT2D eigenvalue weighted by molar-refractivity contribution is 0.0768. The van der Waals surface area contributed by atoms with E-state index in [1.165, 1.54) is 8.99 Å². The maximum Gasteiger partial charge on any atom is 0.263 e. The van der Waals surface area contributed by atoms with E-state index in [-0.39, 0.29) is 16.5 Å². The number of anilines is 1. The van der Waals surface area contributed by atoms with E-state index in [1.807, 2.05) is 32.0 Å². The summed E-state index contributed by atoms with van der Waals surface area (Å²) in [6.07, 6.45) is 1.57. The minimum atomic E-state index is -3.89. The zero-order chi connectivity index (χ0) is 22.9. The summed E-state index contributed by atoms with van der Waals surface area (Å²) in [4.78, 5) is 17.0. The van der Waals surface area contributed by atoms with E-state index in [9.17, 15) is 13.2 Å². The molecule has 2 aliphatic heterocycles. The van der Waals surface area contributed by atoms with Crippen molar-refractivity contribution >= 4 is 45.0 Å². The molecule has 1 amide bonds. The molecule has 0 atom stereocenters. The molecule has 0 bridgehead atoms. The summed E-state index contributed by atoms with van der Waals surface area (Å²) >= 11 is 7.96. The molecule has 32 heavy (non-hydrogen) atoms. The highest BCUT2D eigenvalue weighted by atomic mass is 35.5. The molecule has 0 saturated carbocycles. The Bertz CT molecular complexity index is 1090. The number of benzene rings is 1. The van der Waals surface area contributed by atoms with E-state index in [4.69, 9.17) is 11.6 Å². The molecule has 11 heteroatoms. The molecule has 174 valence electrons. The van der Waals surface area contributed by atoms with Gasteiger partial charge in [-0.25, -0.2) is 8.42 Å². The van der Waals surface area contributed by atoms with Gasteiger partial charge in [-0.2, -0.15) is 21.2 Å². The minimum absolute atomic E-state index is 0.130. The Hall–Kier alpha value is -1.75. The van der Waals surface area contributed by atoms with Gasteiger partial charge >= 0.3 is 0 Å². The average molecular weight is 498 g/mol. The maximum atomic E-state index is 13.5. The summed E-state index contributed by atoms with van der Waals surface area (Å²) in [6.45, 7) is 7.36. The molecule has 4 rings (SSSR count). The third-order valence-electron chi connectivity index (χ3n) is 5.92. The van der Waals surface area contributed by atoms with Crippen molar-refractivity contribution in [3.8, 4) is 0 Å². The van der Waals surface area contributed by atoms with Gasteiger partial charge in [0.25, 0.3) is 15.9 Å². The van der Waals surface area contributed by atoms with Gasteiger partial charge in [0.2, 0.25) is 5.03 Å². The van der Waals surface area contributed by atoms with Crippen LogP contribution in [0, 0.1) is 6.92 Å². The zero-order valence-corrected chi connectivity index (χ0v) is 20.7. The van der Waals surface area contributed by atoms with Crippen molar-refractivity contribution in [3.63, 3.8) is 0 Å². The van der Waals surface area contributed by atoms with Crippen LogP contribution in [0.4, 0.5) is 5.69 Å². The van der Waals surface area contributed by atoms with Crippen LogP contribution in [0.5, 0.6) is 0 Å². The first-order chi connectivity index (χ1) is 15.3. The molecule has 0 spiro atoms. The van der Waals surface area contributed by atoms with Gasteiger partial charge in [-0.3, -0.25) is 9.48 Å². The first-order valence-corrected chi connectivity index (χ1v) is 13.7. The molecule has 0 N–H and O–H groups in total. The lowest BCUT2D eigenvalue weighted by Crippen LogP contribution is -2.49. The summed E-state index contributed by atoms with van der Waals surface area (Å²) in [5.74, 6) is 1.47. The molecule has 2 saturated heterocycles. The number of carbonyl (C=O) groups excluding carboxylic acids is 1. The number of hydrogen-bond donors (Lipinski definition) is 0. The number of halogens is 1. The largest absolute Gasteiger partial charge is 0.369 e. The van der Waals surface area contributed by atoms with Gasteiger partial charge in [-0.05, 0) is 31.5 Å². The highest BCUT2D eigenvalue weighted by molar-refractivity contribution is 7.99. The van der Waals surface area contributed by atoms with E-state index < -0.39 is 10.0 Å². The van der Waals surface area contributed by atoms with Gasteiger partial charge in [0.15, 0.2) is 0 Å². The molecule has 0 radical (unpaired) electrons. The number of aryl methyl sites for hydroxylation is 2. The molecule has 8 nitrogen and oxygen atoms in total. The van der Waals surface area contributed by atoms with Crippen LogP contribution in [0.25, 0.3) is 0 Å². The molecule has 3 heterocycles. The summed E-state index contributed by atoms with van der Waals surface area (Å²) in [7, 11) is -3.89. The lowest BCUT2D eigenvalue weighted by Gasteiger charge is -2.36. The van der Waals surface area contributed by atoms with Crippen LogP contribution >= 0.6 is 23.4 Å². The van der Waals surface area contributed by atoms with Crippen molar-refractivity contribution in [2.24, 2.45) is 0 Å². The second kappa shape index (κ2) is 9.62. The normalized spacial score (nSPS) is 18.2. The summed E-state index contributed by atoms with van der Waals surface area (Å²) in [5.41, 5.74) is 2.29. The zero-order valence-electron chi connectivity index (χ0n) is 18.3. The Kier molecular flexibility index (Phi) is 7.04. The van der Waals surface area contributed by atoms with Gasteiger partial charge in [0.1, 0.15) is 0 Å². The predicted molar refractivity (Wildman–Crippen MR) is 128 cm³/mol. The van der Waals surface area contributed by atoms with Gasteiger partial charge < -0.3 is 9.80 Å². The number of rotatable bonds is 5. The van der Waals surface area contributed by atoms with Crippen LogP contribution in [0.2, 0.25) is 5.02 Å². The first-order valence-electron chi connectivity index (χ1n) is 10.8. The number of piperazine rings is 1. The van der Waals surface area contributed by atoms with Crippen molar-refractivity contribution in [1.82, 2.24) is 19.0 Å². The Balaban J connectivity index is 1.55. The SMILES string of the molecule is CCn1cc(C(=O)N2CCSCC2)c(S(=O)(=O)N2CCN(c3cc(Cl)ccc3C)CC2)n1. The van der Waals surface area contributed by atoms with Crippen LogP contribution in [0.3, 0.4) is 0 Å². The predicted octanol–water partition coefficient (Wildman–Crippen LogP) is 2.56. The number of carbonyl (C=O) groups is 1. The van der Waals surface area contributed by atoms with Crippen LogP contribution < -0.4 is 4.90 Å². The van der Waals surface area contributed by atoms with Gasteiger partial charge in [-0.1, -0.05) is 17.7 Å². The van der Waals surface area contributed by atoms with Crippen LogP contribution in [-0.4, -0.2) is 84.1 Å². The number of amides is 1. The summed E-state index contributed by atoms with van der Waals surface area (Å²) in [6, 6.07) is 5.73. The molecular formula is C21H28ClN5O3S2. The maximum absolute atomic E-state index is 13.5. The second-order valence-electron chi connectivity index (χ2n) is 7.93. The highest BCUT2D eigenvalue weighted by Gasteiger charge is 2.36. The molecule has 0 aliphatic carbocycles. The highest BCUT2D eigenvalue weighted by Crippen LogP contribution is 2.28. The number of thioether (sulfide) groups is 1.